The summed E-state index contributed by atoms with van der Waals surface area (Å²) in [6, 6.07) is 5.03. The molecule has 3 heteroatoms. The molecular weight excluding hydrogens is 176 g/mol. The zero-order valence-electron chi connectivity index (χ0n) is 8.75. The van der Waals surface area contributed by atoms with Crippen LogP contribution in [-0.2, 0) is 0 Å². The molecule has 0 heterocycles. The van der Waals surface area contributed by atoms with Gasteiger partial charge in [-0.1, -0.05) is 13.8 Å². The average Bonchev–Trinajstić information content (AvgIpc) is 2.10. The lowest BCUT2D eigenvalue weighted by Gasteiger charge is -2.10. The summed E-state index contributed by atoms with van der Waals surface area (Å²) in [7, 11) is 0. The molecule has 0 fully saturated rings. The number of nitrogens with two attached hydrogens (primary N) is 1. The second-order valence-corrected chi connectivity index (χ2v) is 3.89. The van der Waals surface area contributed by atoms with Crippen LogP contribution < -0.4 is 11.1 Å². The summed E-state index contributed by atoms with van der Waals surface area (Å²) >= 11 is 0. The van der Waals surface area contributed by atoms with E-state index in [0.29, 0.717) is 17.3 Å². The molecule has 0 amide bonds. The minimum absolute atomic E-state index is 0.253. The lowest BCUT2D eigenvalue weighted by Crippen LogP contribution is -2.05. The third-order valence-electron chi connectivity index (χ3n) is 2.06. The Morgan fingerprint density at radius 1 is 1.43 bits per heavy atom. The van der Waals surface area contributed by atoms with E-state index in [1.165, 1.54) is 0 Å². The Morgan fingerprint density at radius 3 is 2.79 bits per heavy atom. The minimum Gasteiger partial charge on any atom is -0.506 e. The van der Waals surface area contributed by atoms with Crippen molar-refractivity contribution in [2.75, 3.05) is 17.6 Å². The first kappa shape index (κ1) is 10.7. The van der Waals surface area contributed by atoms with Crippen LogP contribution in [0.5, 0.6) is 5.75 Å². The number of benzene rings is 1. The highest BCUT2D eigenvalue weighted by molar-refractivity contribution is 5.62. The molecule has 1 rings (SSSR count). The molecular formula is C11H18N2O. The van der Waals surface area contributed by atoms with Crippen LogP contribution in [0.4, 0.5) is 11.4 Å². The molecule has 0 saturated heterocycles. The lowest BCUT2D eigenvalue weighted by atomic mass is 10.1. The van der Waals surface area contributed by atoms with Crippen molar-refractivity contribution in [1.82, 2.24) is 0 Å². The van der Waals surface area contributed by atoms with Crippen molar-refractivity contribution in [3.8, 4) is 5.75 Å². The third kappa shape index (κ3) is 3.17. The molecule has 0 aliphatic carbocycles. The van der Waals surface area contributed by atoms with Gasteiger partial charge in [0.05, 0.1) is 5.69 Å². The highest BCUT2D eigenvalue weighted by Crippen LogP contribution is 2.25. The van der Waals surface area contributed by atoms with E-state index in [2.05, 4.69) is 19.2 Å². The number of hydrogen-bond acceptors (Lipinski definition) is 3. The van der Waals surface area contributed by atoms with E-state index in [-0.39, 0.29) is 5.75 Å². The fourth-order valence-corrected chi connectivity index (χ4v) is 1.19. The zero-order chi connectivity index (χ0) is 10.6. The first-order valence-corrected chi connectivity index (χ1v) is 4.92. The Balaban J connectivity index is 2.53. The highest BCUT2D eigenvalue weighted by Gasteiger charge is 2.00. The summed E-state index contributed by atoms with van der Waals surface area (Å²) in [6.45, 7) is 5.19. The van der Waals surface area contributed by atoms with Crippen molar-refractivity contribution in [1.29, 1.82) is 0 Å². The van der Waals surface area contributed by atoms with E-state index in [4.69, 9.17) is 5.73 Å². The summed E-state index contributed by atoms with van der Waals surface area (Å²) in [6.07, 6.45) is 1.08. The number of nitrogens with one attached hydrogen (secondary N) is 1. The standard InChI is InChI=1S/C11H18N2O/c1-8(2)5-6-13-10-7-9(12)3-4-11(10)14/h3-4,7-8,13-14H,5-6,12H2,1-2H3. The van der Waals surface area contributed by atoms with Crippen molar-refractivity contribution in [3.63, 3.8) is 0 Å². The fraction of sp³-hybridized carbons (Fsp3) is 0.455. The zero-order valence-corrected chi connectivity index (χ0v) is 8.75. The average molecular weight is 194 g/mol. The van der Waals surface area contributed by atoms with E-state index in [0.717, 1.165) is 13.0 Å². The number of hydrogen-bond donors (Lipinski definition) is 3. The number of aromatic hydroxyl groups is 1. The fourth-order valence-electron chi connectivity index (χ4n) is 1.19. The Morgan fingerprint density at radius 2 is 2.14 bits per heavy atom. The maximum Gasteiger partial charge on any atom is 0.138 e. The summed E-state index contributed by atoms with van der Waals surface area (Å²) in [5.74, 6) is 0.911. The minimum atomic E-state index is 0.253. The molecule has 3 nitrogen and oxygen atoms in total. The SMILES string of the molecule is CC(C)CCNc1cc(N)ccc1O. The van der Waals surface area contributed by atoms with Gasteiger partial charge in [-0.2, -0.15) is 0 Å². The van der Waals surface area contributed by atoms with Gasteiger partial charge in [0.15, 0.2) is 0 Å². The van der Waals surface area contributed by atoms with Gasteiger partial charge in [0, 0.05) is 12.2 Å². The van der Waals surface area contributed by atoms with Crippen molar-refractivity contribution in [3.05, 3.63) is 18.2 Å². The molecule has 78 valence electrons. The summed E-state index contributed by atoms with van der Waals surface area (Å²) in [4.78, 5) is 0. The van der Waals surface area contributed by atoms with Gasteiger partial charge in [0.2, 0.25) is 0 Å². The number of phenolic OH excluding ortho intramolecular Hbond substituents is 1. The maximum atomic E-state index is 9.48. The van der Waals surface area contributed by atoms with Crippen LogP contribution in [0.1, 0.15) is 20.3 Å². The quantitative estimate of drug-likeness (QED) is 0.392. The van der Waals surface area contributed by atoms with E-state index in [9.17, 15) is 5.11 Å². The monoisotopic (exact) mass is 194 g/mol. The van der Waals surface area contributed by atoms with Crippen molar-refractivity contribution in [2.45, 2.75) is 20.3 Å². The largest absolute Gasteiger partial charge is 0.506 e. The summed E-state index contributed by atoms with van der Waals surface area (Å²) in [5.41, 5.74) is 6.98. The number of phenols is 1. The van der Waals surface area contributed by atoms with Crippen molar-refractivity contribution in [2.24, 2.45) is 5.92 Å². The van der Waals surface area contributed by atoms with Gasteiger partial charge in [-0.25, -0.2) is 0 Å². The summed E-state index contributed by atoms with van der Waals surface area (Å²) < 4.78 is 0. The van der Waals surface area contributed by atoms with Gasteiger partial charge < -0.3 is 16.2 Å². The van der Waals surface area contributed by atoms with E-state index >= 15 is 0 Å². The van der Waals surface area contributed by atoms with E-state index in [1.54, 1.807) is 18.2 Å². The van der Waals surface area contributed by atoms with Gasteiger partial charge in [-0.05, 0) is 30.5 Å². The number of rotatable bonds is 4. The Hall–Kier alpha value is -1.38. The number of anilines is 2. The maximum absolute atomic E-state index is 9.48. The van der Waals surface area contributed by atoms with Gasteiger partial charge >= 0.3 is 0 Å². The molecule has 0 aromatic heterocycles. The van der Waals surface area contributed by atoms with Crippen LogP contribution in [0, 0.1) is 5.92 Å². The molecule has 0 radical (unpaired) electrons. The first-order valence-electron chi connectivity index (χ1n) is 4.92. The Bertz CT molecular complexity index is 297. The van der Waals surface area contributed by atoms with Crippen molar-refractivity contribution < 1.29 is 5.11 Å². The molecule has 4 N–H and O–H groups in total. The van der Waals surface area contributed by atoms with Crippen LogP contribution in [-0.4, -0.2) is 11.7 Å². The molecule has 1 aromatic carbocycles. The Labute approximate surface area is 84.9 Å². The Kier molecular flexibility index (Phi) is 3.63. The van der Waals surface area contributed by atoms with Crippen LogP contribution in [0.15, 0.2) is 18.2 Å². The van der Waals surface area contributed by atoms with Gasteiger partial charge in [-0.3, -0.25) is 0 Å². The van der Waals surface area contributed by atoms with Gasteiger partial charge in [0.1, 0.15) is 5.75 Å². The molecule has 0 aliphatic heterocycles. The highest BCUT2D eigenvalue weighted by atomic mass is 16.3. The molecule has 0 unspecified atom stereocenters. The normalized spacial score (nSPS) is 10.5. The van der Waals surface area contributed by atoms with Crippen LogP contribution in [0.25, 0.3) is 0 Å². The molecule has 1 aromatic rings. The number of nitrogen functional groups attached to an aromatic ring is 1. The molecule has 0 bridgehead atoms. The van der Waals surface area contributed by atoms with Gasteiger partial charge in [0.25, 0.3) is 0 Å². The molecule has 0 saturated carbocycles. The molecule has 0 aliphatic rings. The predicted molar refractivity (Wildman–Crippen MR) is 60.5 cm³/mol. The molecule has 14 heavy (non-hydrogen) atoms. The van der Waals surface area contributed by atoms with Crippen molar-refractivity contribution >= 4 is 11.4 Å². The van der Waals surface area contributed by atoms with Gasteiger partial charge in [-0.15, -0.1) is 0 Å². The predicted octanol–water partition coefficient (Wildman–Crippen LogP) is 2.43. The van der Waals surface area contributed by atoms with E-state index in [1.807, 2.05) is 0 Å². The van der Waals surface area contributed by atoms with E-state index < -0.39 is 0 Å². The second-order valence-electron chi connectivity index (χ2n) is 3.89. The third-order valence-corrected chi connectivity index (χ3v) is 2.06. The molecule has 0 atom stereocenters. The lowest BCUT2D eigenvalue weighted by molar-refractivity contribution is 0.477. The van der Waals surface area contributed by atoms with Crippen LogP contribution >= 0.6 is 0 Å². The smallest absolute Gasteiger partial charge is 0.138 e. The topological polar surface area (TPSA) is 58.3 Å². The molecule has 0 spiro atoms. The first-order chi connectivity index (χ1) is 6.59. The van der Waals surface area contributed by atoms with Crippen LogP contribution in [0.3, 0.4) is 0 Å². The van der Waals surface area contributed by atoms with Crippen LogP contribution in [0.2, 0.25) is 0 Å². The summed E-state index contributed by atoms with van der Waals surface area (Å²) in [5, 5.41) is 12.6. The second kappa shape index (κ2) is 4.74.